The number of carbonyl (C=O) groups excluding carboxylic acids is 1. The first kappa shape index (κ1) is 16.3. The smallest absolute Gasteiger partial charge is 0.407 e. The van der Waals surface area contributed by atoms with Crippen LogP contribution in [-0.2, 0) is 4.74 Å². The van der Waals surface area contributed by atoms with Gasteiger partial charge in [0.15, 0.2) is 0 Å². The minimum absolute atomic E-state index is 0.311. The summed E-state index contributed by atoms with van der Waals surface area (Å²) in [5.41, 5.74) is -0.408. The summed E-state index contributed by atoms with van der Waals surface area (Å²) in [7, 11) is 0. The molecule has 0 bridgehead atoms. The molecule has 0 fully saturated rings. The molecule has 0 aromatic carbocycles. The highest BCUT2D eigenvalue weighted by molar-refractivity contribution is 5.67. The highest BCUT2D eigenvalue weighted by Gasteiger charge is 2.15. The standard InChI is InChI=1S/C14H29NO2/c1-11(2)10-12(3)8-7-9-15-13(16)17-14(4,5)6/h11-12H,7-10H2,1-6H3,(H,15,16). The van der Waals surface area contributed by atoms with E-state index in [-0.39, 0.29) is 6.09 Å². The molecule has 0 aliphatic carbocycles. The van der Waals surface area contributed by atoms with Crippen molar-refractivity contribution >= 4 is 6.09 Å². The van der Waals surface area contributed by atoms with Gasteiger partial charge >= 0.3 is 6.09 Å². The minimum Gasteiger partial charge on any atom is -0.444 e. The Labute approximate surface area is 106 Å². The zero-order valence-electron chi connectivity index (χ0n) is 12.3. The number of carbonyl (C=O) groups is 1. The quantitative estimate of drug-likeness (QED) is 0.717. The van der Waals surface area contributed by atoms with Gasteiger partial charge in [0.1, 0.15) is 5.60 Å². The molecule has 1 N–H and O–H groups in total. The van der Waals surface area contributed by atoms with E-state index in [0.717, 1.165) is 24.7 Å². The van der Waals surface area contributed by atoms with E-state index < -0.39 is 5.60 Å². The number of amides is 1. The van der Waals surface area contributed by atoms with Gasteiger partial charge in [-0.2, -0.15) is 0 Å². The Balaban J connectivity index is 3.55. The van der Waals surface area contributed by atoms with Gasteiger partial charge in [0.2, 0.25) is 0 Å². The molecule has 0 aromatic heterocycles. The van der Waals surface area contributed by atoms with Crippen molar-refractivity contribution in [2.45, 2.75) is 66.4 Å². The number of hydrogen-bond acceptors (Lipinski definition) is 2. The Hall–Kier alpha value is -0.730. The Morgan fingerprint density at radius 3 is 2.29 bits per heavy atom. The molecule has 1 atom stereocenters. The molecule has 0 aliphatic rings. The molecule has 0 radical (unpaired) electrons. The molecule has 0 spiro atoms. The number of ether oxygens (including phenoxy) is 1. The van der Waals surface area contributed by atoms with Crippen molar-refractivity contribution in [1.29, 1.82) is 0 Å². The summed E-state index contributed by atoms with van der Waals surface area (Å²) in [5, 5.41) is 2.79. The van der Waals surface area contributed by atoms with E-state index in [4.69, 9.17) is 4.74 Å². The van der Waals surface area contributed by atoms with Crippen LogP contribution in [0.1, 0.15) is 60.8 Å². The first-order valence-corrected chi connectivity index (χ1v) is 6.67. The van der Waals surface area contributed by atoms with Crippen LogP contribution in [-0.4, -0.2) is 18.2 Å². The van der Waals surface area contributed by atoms with Gasteiger partial charge in [-0.1, -0.05) is 20.8 Å². The lowest BCUT2D eigenvalue weighted by Gasteiger charge is -2.20. The lowest BCUT2D eigenvalue weighted by molar-refractivity contribution is 0.0526. The van der Waals surface area contributed by atoms with Crippen molar-refractivity contribution in [3.8, 4) is 0 Å². The summed E-state index contributed by atoms with van der Waals surface area (Å²) in [6.45, 7) is 13.1. The molecular formula is C14H29NO2. The zero-order valence-corrected chi connectivity index (χ0v) is 12.3. The minimum atomic E-state index is -0.408. The highest BCUT2D eigenvalue weighted by Crippen LogP contribution is 2.15. The third-order valence-electron chi connectivity index (χ3n) is 2.42. The molecule has 17 heavy (non-hydrogen) atoms. The second kappa shape index (κ2) is 7.57. The Morgan fingerprint density at radius 2 is 1.82 bits per heavy atom. The normalized spacial score (nSPS) is 13.6. The van der Waals surface area contributed by atoms with Gasteiger partial charge in [-0.25, -0.2) is 4.79 Å². The molecule has 0 heterocycles. The van der Waals surface area contributed by atoms with Crippen LogP contribution in [0.4, 0.5) is 4.79 Å². The van der Waals surface area contributed by atoms with Crippen molar-refractivity contribution in [3.05, 3.63) is 0 Å². The Bertz CT molecular complexity index is 219. The van der Waals surface area contributed by atoms with Crippen LogP contribution in [0, 0.1) is 11.8 Å². The van der Waals surface area contributed by atoms with E-state index in [1.807, 2.05) is 20.8 Å². The topological polar surface area (TPSA) is 38.3 Å². The van der Waals surface area contributed by atoms with Crippen molar-refractivity contribution in [3.63, 3.8) is 0 Å². The fourth-order valence-corrected chi connectivity index (χ4v) is 1.88. The highest BCUT2D eigenvalue weighted by atomic mass is 16.6. The first-order valence-electron chi connectivity index (χ1n) is 6.67. The van der Waals surface area contributed by atoms with Crippen LogP contribution < -0.4 is 5.32 Å². The summed E-state index contributed by atoms with van der Waals surface area (Å²) in [6.07, 6.45) is 3.13. The molecule has 3 nitrogen and oxygen atoms in total. The largest absolute Gasteiger partial charge is 0.444 e. The molecule has 0 saturated carbocycles. The van der Waals surface area contributed by atoms with Gasteiger partial charge in [-0.3, -0.25) is 0 Å². The number of alkyl carbamates (subject to hydrolysis) is 1. The van der Waals surface area contributed by atoms with Gasteiger partial charge in [0, 0.05) is 6.54 Å². The predicted molar refractivity (Wildman–Crippen MR) is 72.1 cm³/mol. The van der Waals surface area contributed by atoms with Crippen molar-refractivity contribution in [2.75, 3.05) is 6.54 Å². The Morgan fingerprint density at radius 1 is 1.24 bits per heavy atom. The summed E-state index contributed by atoms with van der Waals surface area (Å²) < 4.78 is 5.16. The van der Waals surface area contributed by atoms with Crippen LogP contribution in [0.5, 0.6) is 0 Å². The molecular weight excluding hydrogens is 214 g/mol. The third kappa shape index (κ3) is 11.5. The lowest BCUT2D eigenvalue weighted by Crippen LogP contribution is -2.33. The number of rotatable bonds is 6. The monoisotopic (exact) mass is 243 g/mol. The van der Waals surface area contributed by atoms with E-state index in [0.29, 0.717) is 6.54 Å². The van der Waals surface area contributed by atoms with Gasteiger partial charge < -0.3 is 10.1 Å². The summed E-state index contributed by atoms with van der Waals surface area (Å²) in [4.78, 5) is 11.3. The van der Waals surface area contributed by atoms with Crippen LogP contribution >= 0.6 is 0 Å². The van der Waals surface area contributed by atoms with Crippen LogP contribution in [0.2, 0.25) is 0 Å². The van der Waals surface area contributed by atoms with Crippen LogP contribution in [0.3, 0.4) is 0 Å². The molecule has 0 saturated heterocycles. The molecule has 0 rings (SSSR count). The maximum atomic E-state index is 11.3. The fourth-order valence-electron chi connectivity index (χ4n) is 1.88. The average Bonchev–Trinajstić information content (AvgIpc) is 2.08. The molecule has 1 amide bonds. The maximum absolute atomic E-state index is 11.3. The van der Waals surface area contributed by atoms with E-state index in [2.05, 4.69) is 26.1 Å². The van der Waals surface area contributed by atoms with E-state index in [9.17, 15) is 4.79 Å². The number of hydrogen-bond donors (Lipinski definition) is 1. The molecule has 0 aromatic rings. The lowest BCUT2D eigenvalue weighted by atomic mass is 9.95. The molecule has 1 unspecified atom stereocenters. The Kier molecular flexibility index (Phi) is 7.24. The third-order valence-corrected chi connectivity index (χ3v) is 2.42. The van der Waals surface area contributed by atoms with E-state index in [1.54, 1.807) is 0 Å². The van der Waals surface area contributed by atoms with Crippen LogP contribution in [0.25, 0.3) is 0 Å². The first-order chi connectivity index (χ1) is 7.70. The van der Waals surface area contributed by atoms with Gasteiger partial charge in [0.05, 0.1) is 0 Å². The second-order valence-electron chi connectivity index (χ2n) is 6.31. The van der Waals surface area contributed by atoms with Gasteiger partial charge in [0.25, 0.3) is 0 Å². The average molecular weight is 243 g/mol. The predicted octanol–water partition coefficient (Wildman–Crippen LogP) is 3.97. The van der Waals surface area contributed by atoms with Crippen molar-refractivity contribution in [2.24, 2.45) is 11.8 Å². The molecule has 0 aliphatic heterocycles. The summed E-state index contributed by atoms with van der Waals surface area (Å²) in [6, 6.07) is 0. The fraction of sp³-hybridized carbons (Fsp3) is 0.929. The summed E-state index contributed by atoms with van der Waals surface area (Å²) >= 11 is 0. The van der Waals surface area contributed by atoms with Crippen LogP contribution in [0.15, 0.2) is 0 Å². The molecule has 3 heteroatoms. The van der Waals surface area contributed by atoms with Gasteiger partial charge in [-0.05, 0) is 51.9 Å². The van der Waals surface area contributed by atoms with Crippen molar-refractivity contribution < 1.29 is 9.53 Å². The van der Waals surface area contributed by atoms with Gasteiger partial charge in [-0.15, -0.1) is 0 Å². The second-order valence-corrected chi connectivity index (χ2v) is 6.31. The SMILES string of the molecule is CC(C)CC(C)CCCNC(=O)OC(C)(C)C. The van der Waals surface area contributed by atoms with E-state index >= 15 is 0 Å². The maximum Gasteiger partial charge on any atom is 0.407 e. The molecule has 102 valence electrons. The zero-order chi connectivity index (χ0) is 13.5. The number of nitrogens with one attached hydrogen (secondary N) is 1. The summed E-state index contributed by atoms with van der Waals surface area (Å²) in [5.74, 6) is 1.49. The van der Waals surface area contributed by atoms with Crippen molar-refractivity contribution in [1.82, 2.24) is 5.32 Å². The van der Waals surface area contributed by atoms with E-state index in [1.165, 1.54) is 6.42 Å².